The topological polar surface area (TPSA) is 20.3 Å². The van der Waals surface area contributed by atoms with Crippen molar-refractivity contribution in [1.29, 1.82) is 0 Å². The van der Waals surface area contributed by atoms with Gasteiger partial charge in [0.1, 0.15) is 0 Å². The van der Waals surface area contributed by atoms with Crippen LogP contribution in [-0.4, -0.2) is 5.91 Å². The molecule has 3 aromatic rings. The Hall–Kier alpha value is -2.35. The van der Waals surface area contributed by atoms with E-state index < -0.39 is 0 Å². The molecule has 2 heteroatoms. The lowest BCUT2D eigenvalue weighted by Gasteiger charge is -2.27. The van der Waals surface area contributed by atoms with Crippen molar-refractivity contribution in [2.45, 2.75) is 34.2 Å². The molecule has 1 amide bonds. The van der Waals surface area contributed by atoms with Crippen LogP contribution in [0.4, 0.5) is 5.69 Å². The Balaban J connectivity index is 2.06. The van der Waals surface area contributed by atoms with Gasteiger partial charge in [-0.2, -0.15) is 0 Å². The summed E-state index contributed by atoms with van der Waals surface area (Å²) in [5.74, 6) is 0.188. The van der Waals surface area contributed by atoms with Gasteiger partial charge in [0.2, 0.25) is 5.91 Å². The van der Waals surface area contributed by atoms with E-state index in [4.69, 9.17) is 0 Å². The first-order chi connectivity index (χ1) is 10.9. The van der Waals surface area contributed by atoms with Crippen molar-refractivity contribution in [3.8, 4) is 0 Å². The smallest absolute Gasteiger partial charge is 0.232 e. The zero-order valence-corrected chi connectivity index (χ0v) is 14.1. The number of carbonyl (C=O) groups is 1. The van der Waals surface area contributed by atoms with Crippen molar-refractivity contribution in [1.82, 2.24) is 0 Å². The Morgan fingerprint density at radius 3 is 2.52 bits per heavy atom. The molecule has 0 saturated heterocycles. The molecule has 0 bridgehead atoms. The highest BCUT2D eigenvalue weighted by Crippen LogP contribution is 2.44. The highest BCUT2D eigenvalue weighted by Gasteiger charge is 2.34. The standard InChI is InChI=1S/C21H21NO/c1-13-9-10-17-16-8-6-5-7-14(16)11-15-12-22(19(13)18(15)17)20(23)21(2,3)4/h5-11H,12H2,1-4H3. The van der Waals surface area contributed by atoms with E-state index in [1.54, 1.807) is 0 Å². The van der Waals surface area contributed by atoms with Crippen molar-refractivity contribution >= 4 is 33.1 Å². The molecule has 0 saturated carbocycles. The predicted molar refractivity (Wildman–Crippen MR) is 96.8 cm³/mol. The van der Waals surface area contributed by atoms with Crippen molar-refractivity contribution in [2.24, 2.45) is 5.41 Å². The Morgan fingerprint density at radius 2 is 1.78 bits per heavy atom. The molecule has 2 nitrogen and oxygen atoms in total. The van der Waals surface area contributed by atoms with Gasteiger partial charge < -0.3 is 4.90 Å². The second kappa shape index (κ2) is 4.58. The number of nitrogens with zero attached hydrogens (tertiary/aromatic N) is 1. The first-order valence-electron chi connectivity index (χ1n) is 8.14. The zero-order valence-electron chi connectivity index (χ0n) is 14.1. The SMILES string of the molecule is Cc1ccc2c3c(cc4ccccc42)CN(C(=O)C(C)(C)C)c13. The van der Waals surface area contributed by atoms with Gasteiger partial charge in [-0.05, 0) is 40.3 Å². The normalized spacial score (nSPS) is 14.0. The van der Waals surface area contributed by atoms with Crippen molar-refractivity contribution < 1.29 is 4.79 Å². The number of rotatable bonds is 0. The fourth-order valence-electron chi connectivity index (χ4n) is 3.67. The lowest BCUT2D eigenvalue weighted by molar-refractivity contribution is -0.125. The van der Waals surface area contributed by atoms with Crippen molar-refractivity contribution in [3.05, 3.63) is 53.6 Å². The minimum Gasteiger partial charge on any atom is -0.307 e. The largest absolute Gasteiger partial charge is 0.307 e. The zero-order chi connectivity index (χ0) is 16.4. The number of fused-ring (bicyclic) bond motifs is 2. The summed E-state index contributed by atoms with van der Waals surface area (Å²) >= 11 is 0. The molecule has 0 spiro atoms. The molecule has 23 heavy (non-hydrogen) atoms. The highest BCUT2D eigenvalue weighted by atomic mass is 16.2. The molecule has 1 aliphatic heterocycles. The summed E-state index contributed by atoms with van der Waals surface area (Å²) < 4.78 is 0. The molecule has 3 aromatic carbocycles. The van der Waals surface area contributed by atoms with Crippen LogP contribution in [0.3, 0.4) is 0 Å². The molecule has 1 aliphatic rings. The molecule has 116 valence electrons. The van der Waals surface area contributed by atoms with Crippen molar-refractivity contribution in [2.75, 3.05) is 4.90 Å². The first-order valence-corrected chi connectivity index (χ1v) is 8.14. The second-order valence-corrected chi connectivity index (χ2v) is 7.55. The van der Waals surface area contributed by atoms with E-state index in [-0.39, 0.29) is 11.3 Å². The van der Waals surface area contributed by atoms with E-state index in [2.05, 4.69) is 49.4 Å². The van der Waals surface area contributed by atoms with E-state index in [1.807, 2.05) is 25.7 Å². The molecule has 0 aliphatic carbocycles. The number of carbonyl (C=O) groups excluding carboxylic acids is 1. The van der Waals surface area contributed by atoms with Crippen LogP contribution in [0.25, 0.3) is 21.5 Å². The Bertz CT molecular complexity index is 963. The summed E-state index contributed by atoms with van der Waals surface area (Å²) in [5, 5.41) is 5.01. The fourth-order valence-corrected chi connectivity index (χ4v) is 3.67. The molecule has 4 rings (SSSR count). The Labute approximate surface area is 136 Å². The maximum Gasteiger partial charge on any atom is 0.232 e. The predicted octanol–water partition coefficient (Wildman–Crippen LogP) is 5.19. The molecular formula is C21H21NO. The fraction of sp³-hybridized carbons (Fsp3) is 0.286. The summed E-state index contributed by atoms with van der Waals surface area (Å²) in [4.78, 5) is 14.9. The summed E-state index contributed by atoms with van der Waals surface area (Å²) in [6, 6.07) is 15.1. The Morgan fingerprint density at radius 1 is 1.04 bits per heavy atom. The van der Waals surface area contributed by atoms with Crippen molar-refractivity contribution in [3.63, 3.8) is 0 Å². The monoisotopic (exact) mass is 303 g/mol. The summed E-state index contributed by atoms with van der Waals surface area (Å²) in [7, 11) is 0. The van der Waals surface area contributed by atoms with Gasteiger partial charge in [-0.3, -0.25) is 4.79 Å². The molecule has 0 atom stereocenters. The molecule has 0 radical (unpaired) electrons. The van der Waals surface area contributed by atoms with E-state index >= 15 is 0 Å². The lowest BCUT2D eigenvalue weighted by Crippen LogP contribution is -2.37. The first kappa shape index (κ1) is 14.3. The lowest BCUT2D eigenvalue weighted by atomic mass is 9.94. The maximum absolute atomic E-state index is 12.9. The van der Waals surface area contributed by atoms with Crippen LogP contribution in [-0.2, 0) is 11.3 Å². The van der Waals surface area contributed by atoms with Crippen LogP contribution in [0.2, 0.25) is 0 Å². The number of amides is 1. The molecule has 0 unspecified atom stereocenters. The number of anilines is 1. The molecule has 1 heterocycles. The van der Waals surface area contributed by atoms with Gasteiger partial charge in [-0.1, -0.05) is 57.2 Å². The average molecular weight is 303 g/mol. The third-order valence-electron chi connectivity index (χ3n) is 4.77. The maximum atomic E-state index is 12.9. The van der Waals surface area contributed by atoms with E-state index in [0.717, 1.165) is 5.69 Å². The van der Waals surface area contributed by atoms with Crippen LogP contribution in [0.15, 0.2) is 42.5 Å². The third-order valence-corrected chi connectivity index (χ3v) is 4.77. The van der Waals surface area contributed by atoms with E-state index in [9.17, 15) is 4.79 Å². The van der Waals surface area contributed by atoms with Crippen LogP contribution in [0, 0.1) is 12.3 Å². The molecule has 0 N–H and O–H groups in total. The summed E-state index contributed by atoms with van der Waals surface area (Å²) in [5.41, 5.74) is 3.15. The summed E-state index contributed by atoms with van der Waals surface area (Å²) in [6.07, 6.45) is 0. The quantitative estimate of drug-likeness (QED) is 0.523. The minimum atomic E-state index is -0.379. The van der Waals surface area contributed by atoms with E-state index in [0.29, 0.717) is 6.54 Å². The van der Waals surface area contributed by atoms with Gasteiger partial charge in [0.25, 0.3) is 0 Å². The van der Waals surface area contributed by atoms with E-state index in [1.165, 1.54) is 32.7 Å². The molecular weight excluding hydrogens is 282 g/mol. The third kappa shape index (κ3) is 1.98. The summed E-state index contributed by atoms with van der Waals surface area (Å²) in [6.45, 7) is 8.75. The van der Waals surface area contributed by atoms with Gasteiger partial charge in [0, 0.05) is 10.8 Å². The minimum absolute atomic E-state index is 0.188. The van der Waals surface area contributed by atoms with Crippen LogP contribution >= 0.6 is 0 Å². The number of hydrogen-bond donors (Lipinski definition) is 0. The molecule has 0 fully saturated rings. The van der Waals surface area contributed by atoms with Gasteiger partial charge in [-0.25, -0.2) is 0 Å². The van der Waals surface area contributed by atoms with Gasteiger partial charge in [-0.15, -0.1) is 0 Å². The number of hydrogen-bond acceptors (Lipinski definition) is 1. The van der Waals surface area contributed by atoms with Gasteiger partial charge >= 0.3 is 0 Å². The molecule has 0 aromatic heterocycles. The average Bonchev–Trinajstić information content (AvgIpc) is 2.88. The van der Waals surface area contributed by atoms with Crippen LogP contribution in [0.5, 0.6) is 0 Å². The number of benzene rings is 3. The number of aryl methyl sites for hydroxylation is 1. The highest BCUT2D eigenvalue weighted by molar-refractivity contribution is 6.18. The Kier molecular flexibility index (Phi) is 2.84. The van der Waals surface area contributed by atoms with Gasteiger partial charge in [0.05, 0.1) is 12.2 Å². The van der Waals surface area contributed by atoms with Crippen LogP contribution in [0.1, 0.15) is 31.9 Å². The second-order valence-electron chi connectivity index (χ2n) is 7.55. The van der Waals surface area contributed by atoms with Gasteiger partial charge in [0.15, 0.2) is 0 Å². The van der Waals surface area contributed by atoms with Crippen LogP contribution < -0.4 is 4.90 Å².